The molecule has 0 radical (unpaired) electrons. The van der Waals surface area contributed by atoms with Gasteiger partial charge in [-0.2, -0.15) is 0 Å². The molecule has 2 aromatic heterocycles. The molecule has 5 nitrogen and oxygen atoms in total. The molecule has 4 rings (SSSR count). The number of methoxy groups -OCH3 is 1. The number of aryl methyl sites for hydroxylation is 1. The molecule has 8 heteroatoms. The lowest BCUT2D eigenvalue weighted by Gasteiger charge is -2.06. The summed E-state index contributed by atoms with van der Waals surface area (Å²) in [5.74, 6) is -0.841. The summed E-state index contributed by atoms with van der Waals surface area (Å²) in [5.41, 5.74) is 3.51. The minimum Gasteiger partial charge on any atom is -0.480 e. The second-order valence-corrected chi connectivity index (χ2v) is 6.47. The zero-order valence-electron chi connectivity index (χ0n) is 13.2. The van der Waals surface area contributed by atoms with Crippen LogP contribution in [0.3, 0.4) is 0 Å². The number of hydrogen-bond donors (Lipinski definition) is 0. The van der Waals surface area contributed by atoms with Gasteiger partial charge in [-0.05, 0) is 24.6 Å². The molecule has 2 aromatic carbocycles. The maximum absolute atomic E-state index is 13.7. The smallest absolute Gasteiger partial charge is 0.232 e. The largest absolute Gasteiger partial charge is 0.480 e. The van der Waals surface area contributed by atoms with Gasteiger partial charge in [0.25, 0.3) is 0 Å². The average molecular weight is 359 g/mol. The Labute approximate surface area is 144 Å². The van der Waals surface area contributed by atoms with Crippen LogP contribution >= 0.6 is 11.3 Å². The first kappa shape index (κ1) is 15.6. The lowest BCUT2D eigenvalue weighted by molar-refractivity contribution is -0.0104. The quantitative estimate of drug-likeness (QED) is 0.534. The number of aromatic nitrogens is 3. The second-order valence-electron chi connectivity index (χ2n) is 5.44. The van der Waals surface area contributed by atoms with Crippen LogP contribution < -0.4 is 9.68 Å². The Kier molecular flexibility index (Phi) is 3.69. The van der Waals surface area contributed by atoms with Crippen LogP contribution in [0.2, 0.25) is 0 Å². The van der Waals surface area contributed by atoms with Gasteiger partial charge in [-0.3, -0.25) is 4.94 Å². The van der Waals surface area contributed by atoms with E-state index in [4.69, 9.17) is 4.74 Å². The van der Waals surface area contributed by atoms with Crippen LogP contribution in [0.1, 0.15) is 5.56 Å². The van der Waals surface area contributed by atoms with Crippen LogP contribution in [0.15, 0.2) is 30.5 Å². The van der Waals surface area contributed by atoms with Crippen LogP contribution in [-0.2, 0) is 0 Å². The van der Waals surface area contributed by atoms with Gasteiger partial charge in [0.1, 0.15) is 5.01 Å². The van der Waals surface area contributed by atoms with E-state index in [1.54, 1.807) is 0 Å². The maximum Gasteiger partial charge on any atom is 0.232 e. The molecule has 0 saturated heterocycles. The number of nitrogens with zero attached hydrogens (tertiary/aromatic N) is 3. The van der Waals surface area contributed by atoms with Crippen molar-refractivity contribution >= 4 is 32.6 Å². The summed E-state index contributed by atoms with van der Waals surface area (Å²) in [5, 5.41) is 0.638. The normalized spacial score (nSPS) is 11.2. The van der Waals surface area contributed by atoms with E-state index in [-0.39, 0.29) is 0 Å². The van der Waals surface area contributed by atoms with Gasteiger partial charge in [-0.1, -0.05) is 0 Å². The van der Waals surface area contributed by atoms with E-state index in [1.807, 2.05) is 19.1 Å². The lowest BCUT2D eigenvalue weighted by Crippen LogP contribution is -1.93. The average Bonchev–Trinajstić information content (AvgIpc) is 3.02. The van der Waals surface area contributed by atoms with Crippen molar-refractivity contribution in [2.24, 2.45) is 0 Å². The van der Waals surface area contributed by atoms with Crippen LogP contribution in [0.5, 0.6) is 11.6 Å². The third kappa shape index (κ3) is 2.64. The van der Waals surface area contributed by atoms with E-state index < -0.39 is 11.6 Å². The molecule has 0 amide bonds. The first-order valence-electron chi connectivity index (χ1n) is 7.29. The van der Waals surface area contributed by atoms with Gasteiger partial charge in [0.15, 0.2) is 5.82 Å². The number of rotatable bonds is 3. The predicted molar refractivity (Wildman–Crippen MR) is 91.1 cm³/mol. The molecule has 0 atom stereocenters. The predicted octanol–water partition coefficient (Wildman–Crippen LogP) is 4.63. The van der Waals surface area contributed by atoms with Gasteiger partial charge in [0, 0.05) is 22.2 Å². The molecule has 2 heterocycles. The Bertz CT molecular complexity index is 1110. The van der Waals surface area contributed by atoms with Crippen LogP contribution in [-0.4, -0.2) is 22.1 Å². The molecule has 4 aromatic rings. The number of hydrogen-bond acceptors (Lipinski definition) is 6. The van der Waals surface area contributed by atoms with Gasteiger partial charge < -0.3 is 4.74 Å². The van der Waals surface area contributed by atoms with Crippen LogP contribution in [0.25, 0.3) is 31.8 Å². The van der Waals surface area contributed by atoms with E-state index in [9.17, 15) is 8.92 Å². The number of benzene rings is 2. The first-order chi connectivity index (χ1) is 12.1. The molecule has 0 unspecified atom stereocenters. The van der Waals surface area contributed by atoms with Crippen molar-refractivity contribution in [3.63, 3.8) is 0 Å². The molecule has 0 aliphatic carbocycles. The van der Waals surface area contributed by atoms with Gasteiger partial charge in [-0.15, -0.1) is 11.3 Å². The lowest BCUT2D eigenvalue weighted by atomic mass is 10.1. The van der Waals surface area contributed by atoms with Gasteiger partial charge >= 0.3 is 0 Å². The number of thiazole rings is 1. The third-order valence-corrected chi connectivity index (χ3v) is 4.79. The van der Waals surface area contributed by atoms with Crippen molar-refractivity contribution in [1.29, 1.82) is 0 Å². The van der Waals surface area contributed by atoms with Crippen LogP contribution in [0, 0.1) is 12.7 Å². The Morgan fingerprint density at radius 2 is 1.92 bits per heavy atom. The second kappa shape index (κ2) is 5.89. The Balaban J connectivity index is 1.96. The van der Waals surface area contributed by atoms with Gasteiger partial charge in [0.2, 0.25) is 11.6 Å². The zero-order valence-corrected chi connectivity index (χ0v) is 14.0. The standard InChI is InChI=1S/C17H11F2N3O2S/c1-8-3-9(16-12(4-8)21-15(23-2)7-20-16)17-22-11-5-10(18)13(24-19)6-14(11)25-17/h3-7H,1-2H3. The van der Waals surface area contributed by atoms with Crippen molar-refractivity contribution in [3.05, 3.63) is 41.8 Å². The molecular formula is C17H11F2N3O2S. The first-order valence-corrected chi connectivity index (χ1v) is 8.11. The summed E-state index contributed by atoms with van der Waals surface area (Å²) in [6.45, 7) is 1.94. The molecule has 0 aliphatic rings. The van der Waals surface area contributed by atoms with Crippen LogP contribution in [0.4, 0.5) is 8.92 Å². The van der Waals surface area contributed by atoms with E-state index in [1.165, 1.54) is 30.7 Å². The highest BCUT2D eigenvalue weighted by molar-refractivity contribution is 7.21. The summed E-state index contributed by atoms with van der Waals surface area (Å²) in [7, 11) is 1.53. The highest BCUT2D eigenvalue weighted by atomic mass is 32.1. The Morgan fingerprint density at radius 3 is 2.68 bits per heavy atom. The fourth-order valence-corrected chi connectivity index (χ4v) is 3.61. The van der Waals surface area contributed by atoms with Crippen molar-refractivity contribution in [2.45, 2.75) is 6.92 Å². The molecule has 0 saturated carbocycles. The summed E-state index contributed by atoms with van der Waals surface area (Å²) in [6.07, 6.45) is 1.53. The van der Waals surface area contributed by atoms with Crippen molar-refractivity contribution in [3.8, 4) is 22.2 Å². The Morgan fingerprint density at radius 1 is 1.08 bits per heavy atom. The molecule has 25 heavy (non-hydrogen) atoms. The molecule has 0 spiro atoms. The minimum absolute atomic E-state index is 0.417. The zero-order chi connectivity index (χ0) is 17.6. The van der Waals surface area contributed by atoms with E-state index in [2.05, 4.69) is 19.9 Å². The topological polar surface area (TPSA) is 57.1 Å². The Hall–Kier alpha value is -2.87. The number of ether oxygens (including phenoxy) is 1. The minimum atomic E-state index is -0.800. The summed E-state index contributed by atoms with van der Waals surface area (Å²) in [6, 6.07) is 6.27. The monoisotopic (exact) mass is 359 g/mol. The fourth-order valence-electron chi connectivity index (χ4n) is 2.61. The van der Waals surface area contributed by atoms with Crippen molar-refractivity contribution in [2.75, 3.05) is 7.11 Å². The fraction of sp³-hybridized carbons (Fsp3) is 0.118. The van der Waals surface area contributed by atoms with Crippen molar-refractivity contribution in [1.82, 2.24) is 15.0 Å². The molecule has 0 fully saturated rings. The molecule has 0 bridgehead atoms. The highest BCUT2D eigenvalue weighted by Gasteiger charge is 2.16. The summed E-state index contributed by atoms with van der Waals surface area (Å²) in [4.78, 5) is 16.8. The summed E-state index contributed by atoms with van der Waals surface area (Å²) < 4.78 is 31.8. The molecular weight excluding hydrogens is 348 g/mol. The molecule has 0 N–H and O–H groups in total. The van der Waals surface area contributed by atoms with E-state index >= 15 is 0 Å². The molecule has 0 aliphatic heterocycles. The highest BCUT2D eigenvalue weighted by Crippen LogP contribution is 2.36. The molecule has 126 valence electrons. The maximum atomic E-state index is 13.7. The third-order valence-electron chi connectivity index (χ3n) is 3.73. The van der Waals surface area contributed by atoms with E-state index in [0.29, 0.717) is 32.1 Å². The van der Waals surface area contributed by atoms with Gasteiger partial charge in [-0.25, -0.2) is 19.3 Å². The number of halogens is 2. The van der Waals surface area contributed by atoms with E-state index in [0.717, 1.165) is 17.2 Å². The SMILES string of the molecule is COc1cnc2c(-c3nc4cc(F)c(OF)cc4s3)cc(C)cc2n1. The summed E-state index contributed by atoms with van der Waals surface area (Å²) >= 11 is 1.30. The number of fused-ring (bicyclic) bond motifs is 2. The van der Waals surface area contributed by atoms with Gasteiger partial charge in [0.05, 0.1) is 34.6 Å². The van der Waals surface area contributed by atoms with Crippen molar-refractivity contribution < 1.29 is 18.6 Å².